The Morgan fingerprint density at radius 2 is 1.75 bits per heavy atom. The van der Waals surface area contributed by atoms with Crippen LogP contribution < -0.4 is 5.32 Å². The van der Waals surface area contributed by atoms with Gasteiger partial charge in [-0.25, -0.2) is 0 Å². The Bertz CT molecular complexity index is 187. The van der Waals surface area contributed by atoms with Crippen LogP contribution in [0.2, 0.25) is 0 Å². The van der Waals surface area contributed by atoms with E-state index in [0.29, 0.717) is 4.75 Å². The number of hydrogen-bond acceptors (Lipinski definition) is 2. The van der Waals surface area contributed by atoms with Gasteiger partial charge in [0.05, 0.1) is 0 Å². The Morgan fingerprint density at radius 3 is 2.25 bits per heavy atom. The fourth-order valence-corrected chi connectivity index (χ4v) is 4.04. The summed E-state index contributed by atoms with van der Waals surface area (Å²) in [5, 5.41) is 3.76. The minimum atomic E-state index is 0.616. The molecule has 2 heteroatoms. The lowest BCUT2D eigenvalue weighted by atomic mass is 9.84. The van der Waals surface area contributed by atoms with Gasteiger partial charge in [0.25, 0.3) is 0 Å². The predicted octanol–water partition coefficient (Wildman–Crippen LogP) is 3.83. The molecule has 94 valence electrons. The molecule has 2 saturated carbocycles. The first kappa shape index (κ1) is 12.8. The summed E-state index contributed by atoms with van der Waals surface area (Å²) in [4.78, 5) is 0. The van der Waals surface area contributed by atoms with E-state index in [1.807, 2.05) is 0 Å². The zero-order chi connectivity index (χ0) is 11.3. The predicted molar refractivity (Wildman–Crippen MR) is 74.2 cm³/mol. The molecule has 0 radical (unpaired) electrons. The van der Waals surface area contributed by atoms with Crippen molar-refractivity contribution in [2.75, 3.05) is 19.3 Å². The van der Waals surface area contributed by atoms with E-state index in [-0.39, 0.29) is 0 Å². The maximum atomic E-state index is 3.76. The Kier molecular flexibility index (Phi) is 5.02. The van der Waals surface area contributed by atoms with Gasteiger partial charge in [0.2, 0.25) is 0 Å². The third-order valence-electron chi connectivity index (χ3n) is 4.55. The van der Waals surface area contributed by atoms with Gasteiger partial charge in [0, 0.05) is 11.3 Å². The van der Waals surface area contributed by atoms with Crippen LogP contribution in [0.4, 0.5) is 0 Å². The molecule has 16 heavy (non-hydrogen) atoms. The van der Waals surface area contributed by atoms with E-state index in [1.54, 1.807) is 0 Å². The standard InChI is InChI=1S/C14H27NS/c1-16-14(9-6-10-14)12-15-11-13-7-4-2-3-5-8-13/h13,15H,2-12H2,1H3. The molecule has 1 nitrogen and oxygen atoms in total. The van der Waals surface area contributed by atoms with Gasteiger partial charge in [0.1, 0.15) is 0 Å². The summed E-state index contributed by atoms with van der Waals surface area (Å²) in [5.74, 6) is 0.974. The highest BCUT2D eigenvalue weighted by Gasteiger charge is 2.35. The van der Waals surface area contributed by atoms with Gasteiger partial charge in [-0.2, -0.15) is 11.8 Å². The van der Waals surface area contributed by atoms with Crippen LogP contribution in [-0.2, 0) is 0 Å². The highest BCUT2D eigenvalue weighted by molar-refractivity contribution is 8.00. The summed E-state index contributed by atoms with van der Waals surface area (Å²) in [6.45, 7) is 2.53. The van der Waals surface area contributed by atoms with Gasteiger partial charge in [-0.15, -0.1) is 0 Å². The van der Waals surface area contributed by atoms with E-state index in [1.165, 1.54) is 70.9 Å². The molecule has 0 aromatic carbocycles. The summed E-state index contributed by atoms with van der Waals surface area (Å²) in [6.07, 6.45) is 15.4. The molecule has 0 heterocycles. The highest BCUT2D eigenvalue weighted by Crippen LogP contribution is 2.42. The minimum absolute atomic E-state index is 0.616. The number of hydrogen-bond donors (Lipinski definition) is 1. The van der Waals surface area contributed by atoms with E-state index < -0.39 is 0 Å². The van der Waals surface area contributed by atoms with Gasteiger partial charge in [-0.05, 0) is 44.4 Å². The topological polar surface area (TPSA) is 12.0 Å². The SMILES string of the molecule is CSC1(CNCC2CCCCCC2)CCC1. The number of thioether (sulfide) groups is 1. The first-order chi connectivity index (χ1) is 7.85. The fraction of sp³-hybridized carbons (Fsp3) is 1.00. The second-order valence-electron chi connectivity index (χ2n) is 5.73. The molecule has 0 aliphatic heterocycles. The van der Waals surface area contributed by atoms with Gasteiger partial charge in [-0.3, -0.25) is 0 Å². The van der Waals surface area contributed by atoms with Crippen molar-refractivity contribution < 1.29 is 0 Å². The van der Waals surface area contributed by atoms with Crippen LogP contribution in [0.1, 0.15) is 57.8 Å². The maximum absolute atomic E-state index is 3.76. The molecule has 0 atom stereocenters. The first-order valence-corrected chi connectivity index (χ1v) is 8.33. The molecule has 2 aliphatic rings. The van der Waals surface area contributed by atoms with Crippen LogP contribution >= 0.6 is 11.8 Å². The molecule has 0 aromatic rings. The van der Waals surface area contributed by atoms with E-state index >= 15 is 0 Å². The molecular formula is C14H27NS. The van der Waals surface area contributed by atoms with E-state index in [0.717, 1.165) is 5.92 Å². The molecule has 2 rings (SSSR count). The normalized spacial score (nSPS) is 26.1. The molecule has 1 N–H and O–H groups in total. The Hall–Kier alpha value is 0.310. The van der Waals surface area contributed by atoms with E-state index in [2.05, 4.69) is 23.3 Å². The Morgan fingerprint density at radius 1 is 1.06 bits per heavy atom. The van der Waals surface area contributed by atoms with Crippen molar-refractivity contribution >= 4 is 11.8 Å². The van der Waals surface area contributed by atoms with Crippen LogP contribution in [0.25, 0.3) is 0 Å². The van der Waals surface area contributed by atoms with Crippen molar-refractivity contribution in [1.82, 2.24) is 5.32 Å². The van der Waals surface area contributed by atoms with E-state index in [4.69, 9.17) is 0 Å². The van der Waals surface area contributed by atoms with Crippen LogP contribution in [-0.4, -0.2) is 24.1 Å². The Balaban J connectivity index is 1.62. The molecule has 2 aliphatic carbocycles. The van der Waals surface area contributed by atoms with E-state index in [9.17, 15) is 0 Å². The van der Waals surface area contributed by atoms with Crippen LogP contribution in [0, 0.1) is 5.92 Å². The lowest BCUT2D eigenvalue weighted by Gasteiger charge is -2.41. The summed E-state index contributed by atoms with van der Waals surface area (Å²) >= 11 is 2.09. The third-order valence-corrected chi connectivity index (χ3v) is 5.97. The van der Waals surface area contributed by atoms with Crippen LogP contribution in [0.15, 0.2) is 0 Å². The Labute approximate surface area is 105 Å². The van der Waals surface area contributed by atoms with Crippen LogP contribution in [0.5, 0.6) is 0 Å². The van der Waals surface area contributed by atoms with Crippen molar-refractivity contribution in [2.45, 2.75) is 62.5 Å². The highest BCUT2D eigenvalue weighted by atomic mass is 32.2. The summed E-state index contributed by atoms with van der Waals surface area (Å²) in [7, 11) is 0. The van der Waals surface area contributed by atoms with Gasteiger partial charge in [-0.1, -0.05) is 32.1 Å². The molecular weight excluding hydrogens is 214 g/mol. The summed E-state index contributed by atoms with van der Waals surface area (Å²) in [5.41, 5.74) is 0. The lowest BCUT2D eigenvalue weighted by molar-refractivity contribution is 0.328. The molecule has 0 bridgehead atoms. The van der Waals surface area contributed by atoms with Gasteiger partial charge >= 0.3 is 0 Å². The molecule has 0 spiro atoms. The zero-order valence-corrected chi connectivity index (χ0v) is 11.6. The van der Waals surface area contributed by atoms with Crippen molar-refractivity contribution in [1.29, 1.82) is 0 Å². The molecule has 0 saturated heterocycles. The van der Waals surface area contributed by atoms with Crippen molar-refractivity contribution in [3.63, 3.8) is 0 Å². The van der Waals surface area contributed by atoms with Gasteiger partial charge in [0.15, 0.2) is 0 Å². The second-order valence-corrected chi connectivity index (χ2v) is 7.00. The lowest BCUT2D eigenvalue weighted by Crippen LogP contribution is -2.44. The molecule has 0 unspecified atom stereocenters. The number of rotatable bonds is 5. The van der Waals surface area contributed by atoms with Crippen molar-refractivity contribution in [3.8, 4) is 0 Å². The van der Waals surface area contributed by atoms with Crippen molar-refractivity contribution in [2.24, 2.45) is 5.92 Å². The molecule has 0 aromatic heterocycles. The van der Waals surface area contributed by atoms with Gasteiger partial charge < -0.3 is 5.32 Å². The fourth-order valence-electron chi connectivity index (χ4n) is 3.10. The van der Waals surface area contributed by atoms with Crippen molar-refractivity contribution in [3.05, 3.63) is 0 Å². The summed E-state index contributed by atoms with van der Waals surface area (Å²) in [6, 6.07) is 0. The average molecular weight is 241 g/mol. The van der Waals surface area contributed by atoms with Crippen LogP contribution in [0.3, 0.4) is 0 Å². The quantitative estimate of drug-likeness (QED) is 0.734. The molecule has 2 fully saturated rings. The monoisotopic (exact) mass is 241 g/mol. The smallest absolute Gasteiger partial charge is 0.0281 e. The number of nitrogens with one attached hydrogen (secondary N) is 1. The first-order valence-electron chi connectivity index (χ1n) is 7.10. The molecule has 0 amide bonds. The minimum Gasteiger partial charge on any atom is -0.315 e. The third kappa shape index (κ3) is 3.40. The summed E-state index contributed by atoms with van der Waals surface area (Å²) < 4.78 is 0.616. The second kappa shape index (κ2) is 6.30. The zero-order valence-electron chi connectivity index (χ0n) is 10.8. The average Bonchev–Trinajstić information content (AvgIpc) is 2.50. The maximum Gasteiger partial charge on any atom is 0.0281 e. The largest absolute Gasteiger partial charge is 0.315 e.